The number of rotatable bonds is 9. The molecule has 6 aliphatic carbocycles. The van der Waals surface area contributed by atoms with Gasteiger partial charge >= 0.3 is 5.51 Å². The van der Waals surface area contributed by atoms with E-state index in [2.05, 4.69) is 54.6 Å². The standard InChI is InChI=1S/C54H75S.CHF3O3S/c1-8-22-40(23-9-1)46-36-49(42-26-12-3-13-27-42)53(50(37-46)43-28-14-4-15-29-43)55(48-34-20-7-21-35-48)54-51(44-30-16-5-17-31-44)38-47(41-24-10-2-11-25-41)39-52(54)45-32-18-6-19-33-45;2-1(3,4)8(5,6)7/h7,20-21,34-45H,1-6,8-19,22-33H2;(H,5,6,7)/q+1;/p-1. The van der Waals surface area contributed by atoms with Crippen LogP contribution in [0.3, 0.4) is 0 Å². The Balaban J connectivity index is 0.000000622. The third-order valence-corrected chi connectivity index (χ3v) is 19.4. The zero-order valence-electron chi connectivity index (χ0n) is 38.0. The van der Waals surface area contributed by atoms with Crippen LogP contribution >= 0.6 is 0 Å². The predicted octanol–water partition coefficient (Wildman–Crippen LogP) is 17.1. The lowest BCUT2D eigenvalue weighted by molar-refractivity contribution is -0.0517. The van der Waals surface area contributed by atoms with Crippen LogP contribution in [0, 0.1) is 0 Å². The summed E-state index contributed by atoms with van der Waals surface area (Å²) in [6.45, 7) is 0. The fraction of sp³-hybridized carbons (Fsp3) is 0.673. The second-order valence-electron chi connectivity index (χ2n) is 20.6. The molecular weight excluding hydrogens is 830 g/mol. The van der Waals surface area contributed by atoms with Crippen molar-refractivity contribution in [1.29, 1.82) is 0 Å². The van der Waals surface area contributed by atoms with Crippen molar-refractivity contribution in [3.63, 3.8) is 0 Å². The van der Waals surface area contributed by atoms with Crippen LogP contribution in [0.25, 0.3) is 0 Å². The Kier molecular flexibility index (Phi) is 16.5. The lowest BCUT2D eigenvalue weighted by atomic mass is 9.76. The molecule has 0 spiro atoms. The highest BCUT2D eigenvalue weighted by Gasteiger charge is 2.45. The van der Waals surface area contributed by atoms with Crippen LogP contribution < -0.4 is 0 Å². The van der Waals surface area contributed by atoms with Gasteiger partial charge in [-0.05, 0) is 136 Å². The van der Waals surface area contributed by atoms with Gasteiger partial charge in [0.05, 0.1) is 0 Å². The second kappa shape index (κ2) is 22.0. The first kappa shape index (κ1) is 47.2. The molecule has 9 rings (SSSR count). The molecule has 0 aliphatic heterocycles. The van der Waals surface area contributed by atoms with Gasteiger partial charge in [-0.2, -0.15) is 13.2 Å². The Morgan fingerprint density at radius 1 is 0.413 bits per heavy atom. The van der Waals surface area contributed by atoms with Gasteiger partial charge in [0.25, 0.3) is 0 Å². The maximum atomic E-state index is 10.7. The van der Waals surface area contributed by atoms with E-state index in [1.165, 1.54) is 193 Å². The molecule has 0 N–H and O–H groups in total. The van der Waals surface area contributed by atoms with E-state index in [1.54, 1.807) is 16.0 Å². The Morgan fingerprint density at radius 2 is 0.651 bits per heavy atom. The third-order valence-electron chi connectivity index (χ3n) is 16.3. The zero-order valence-corrected chi connectivity index (χ0v) is 39.7. The predicted molar refractivity (Wildman–Crippen MR) is 252 cm³/mol. The van der Waals surface area contributed by atoms with Gasteiger partial charge in [0, 0.05) is 22.3 Å². The van der Waals surface area contributed by atoms with Gasteiger partial charge in [-0.15, -0.1) is 0 Å². The van der Waals surface area contributed by atoms with Crippen molar-refractivity contribution in [2.24, 2.45) is 0 Å². The molecule has 0 amide bonds. The lowest BCUT2D eigenvalue weighted by Gasteiger charge is -2.34. The van der Waals surface area contributed by atoms with Gasteiger partial charge in [0.2, 0.25) is 0 Å². The number of hydrogen-bond acceptors (Lipinski definition) is 3. The molecule has 6 fully saturated rings. The molecule has 0 radical (unpaired) electrons. The second-order valence-corrected chi connectivity index (χ2v) is 23.9. The number of benzene rings is 3. The summed E-state index contributed by atoms with van der Waals surface area (Å²) in [5.74, 6) is 4.46. The van der Waals surface area contributed by atoms with Crippen LogP contribution in [0.4, 0.5) is 13.2 Å². The first-order chi connectivity index (χ1) is 30.6. The first-order valence-electron chi connectivity index (χ1n) is 25.7. The number of hydrogen-bond donors (Lipinski definition) is 0. The van der Waals surface area contributed by atoms with Gasteiger partial charge in [0.1, 0.15) is 10.9 Å². The third kappa shape index (κ3) is 11.6. The molecule has 346 valence electrons. The molecule has 8 heteroatoms. The zero-order chi connectivity index (χ0) is 43.8. The smallest absolute Gasteiger partial charge is 0.485 e. The molecular formula is C55H75F3O3S2. The molecule has 0 atom stereocenters. The fourth-order valence-electron chi connectivity index (χ4n) is 13.0. The van der Waals surface area contributed by atoms with E-state index in [1.807, 2.05) is 32.0 Å². The van der Waals surface area contributed by atoms with E-state index in [9.17, 15) is 13.2 Å². The van der Waals surface area contributed by atoms with Crippen molar-refractivity contribution in [1.82, 2.24) is 0 Å². The van der Waals surface area contributed by atoms with Crippen LogP contribution in [0.5, 0.6) is 0 Å². The number of halogens is 3. The summed E-state index contributed by atoms with van der Waals surface area (Å²) in [4.78, 5) is 5.36. The molecule has 0 aromatic heterocycles. The minimum absolute atomic E-state index is 0.0940. The quantitative estimate of drug-likeness (QED) is 0.122. The SMILES string of the molecule is O=S(=O)([O-])C(F)(F)F.c1ccc([S+](c2c(C3CCCCC3)cc(C3CCCCC3)cc2C2CCCCC2)c2c(C3CCCCC3)cc(C3CCCCC3)cc2C2CCCCC2)cc1. The fourth-order valence-corrected chi connectivity index (χ4v) is 15.9. The highest BCUT2D eigenvalue weighted by atomic mass is 32.2. The Bertz CT molecular complexity index is 1830. The molecule has 3 aromatic carbocycles. The Morgan fingerprint density at radius 3 is 0.889 bits per heavy atom. The molecule has 6 aliphatic rings. The van der Waals surface area contributed by atoms with Crippen molar-refractivity contribution in [2.45, 2.75) is 248 Å². The maximum Gasteiger partial charge on any atom is 0.485 e. The van der Waals surface area contributed by atoms with E-state index in [0.717, 1.165) is 35.5 Å². The summed E-state index contributed by atoms with van der Waals surface area (Å²) in [5.41, 5.74) is 5.24. The molecule has 0 heterocycles. The van der Waals surface area contributed by atoms with Crippen LogP contribution in [-0.4, -0.2) is 18.5 Å². The molecule has 0 saturated heterocycles. The average molecular weight is 905 g/mol. The summed E-state index contributed by atoms with van der Waals surface area (Å²) in [7, 11) is -6.18. The van der Waals surface area contributed by atoms with Crippen molar-refractivity contribution >= 4 is 21.0 Å². The number of alkyl halides is 3. The monoisotopic (exact) mass is 905 g/mol. The van der Waals surface area contributed by atoms with Crippen LogP contribution in [-0.2, 0) is 21.0 Å². The summed E-state index contributed by atoms with van der Waals surface area (Å²) in [5, 5.41) is 0. The maximum absolute atomic E-state index is 10.7. The van der Waals surface area contributed by atoms with Gasteiger partial charge in [-0.25, -0.2) is 8.42 Å². The van der Waals surface area contributed by atoms with Gasteiger partial charge in [-0.3, -0.25) is 0 Å². The Labute approximate surface area is 381 Å². The highest BCUT2D eigenvalue weighted by molar-refractivity contribution is 7.97. The summed E-state index contributed by atoms with van der Waals surface area (Å²) < 4.78 is 58.9. The minimum Gasteiger partial charge on any atom is -0.741 e. The summed E-state index contributed by atoms with van der Waals surface area (Å²) in [6, 6.07) is 23.9. The highest BCUT2D eigenvalue weighted by Crippen LogP contribution is 2.54. The molecule has 0 bridgehead atoms. The first-order valence-corrected chi connectivity index (χ1v) is 28.4. The van der Waals surface area contributed by atoms with Crippen molar-refractivity contribution < 1.29 is 26.1 Å². The lowest BCUT2D eigenvalue weighted by Crippen LogP contribution is -2.23. The van der Waals surface area contributed by atoms with Crippen molar-refractivity contribution in [3.8, 4) is 0 Å². The van der Waals surface area contributed by atoms with E-state index >= 15 is 0 Å². The van der Waals surface area contributed by atoms with Gasteiger partial charge < -0.3 is 4.55 Å². The molecule has 3 aromatic rings. The van der Waals surface area contributed by atoms with Gasteiger partial charge in [0.15, 0.2) is 24.8 Å². The van der Waals surface area contributed by atoms with Crippen LogP contribution in [0.2, 0.25) is 0 Å². The van der Waals surface area contributed by atoms with Crippen molar-refractivity contribution in [2.75, 3.05) is 0 Å². The van der Waals surface area contributed by atoms with E-state index in [0.29, 0.717) is 0 Å². The van der Waals surface area contributed by atoms with Crippen LogP contribution in [0.15, 0.2) is 69.3 Å². The molecule has 0 unspecified atom stereocenters. The largest absolute Gasteiger partial charge is 0.741 e. The molecule has 6 saturated carbocycles. The van der Waals surface area contributed by atoms with E-state index in [-0.39, 0.29) is 10.9 Å². The average Bonchev–Trinajstić information content (AvgIpc) is 3.33. The molecule has 63 heavy (non-hydrogen) atoms. The Hall–Kier alpha value is -2.29. The summed E-state index contributed by atoms with van der Waals surface area (Å²) in [6.07, 6.45) is 42.7. The van der Waals surface area contributed by atoms with E-state index in [4.69, 9.17) is 13.0 Å². The topological polar surface area (TPSA) is 57.2 Å². The normalized spacial score (nSPS) is 22.5. The summed E-state index contributed by atoms with van der Waals surface area (Å²) >= 11 is 0. The minimum atomic E-state index is -6.09. The van der Waals surface area contributed by atoms with E-state index < -0.39 is 15.6 Å². The van der Waals surface area contributed by atoms with Gasteiger partial charge in [-0.1, -0.05) is 158 Å². The van der Waals surface area contributed by atoms with Crippen LogP contribution in [0.1, 0.15) is 262 Å². The molecule has 3 nitrogen and oxygen atoms in total. The van der Waals surface area contributed by atoms with Crippen molar-refractivity contribution in [3.05, 3.63) is 88.0 Å².